The van der Waals surface area contributed by atoms with E-state index in [4.69, 9.17) is 14.0 Å². The Morgan fingerprint density at radius 2 is 1.71 bits per heavy atom. The van der Waals surface area contributed by atoms with Gasteiger partial charge in [0.05, 0.1) is 11.3 Å². The molecule has 1 aromatic heterocycles. The Balaban J connectivity index is 1.61. The van der Waals surface area contributed by atoms with Gasteiger partial charge in [0.15, 0.2) is 5.76 Å². The summed E-state index contributed by atoms with van der Waals surface area (Å²) in [7, 11) is 1.87. The molecule has 5 heteroatoms. The topological polar surface area (TPSA) is 56.5 Å². The minimum atomic E-state index is 0.448. The molecule has 24 heavy (non-hydrogen) atoms. The van der Waals surface area contributed by atoms with Crippen LogP contribution in [0, 0.1) is 0 Å². The van der Waals surface area contributed by atoms with Gasteiger partial charge in [0.1, 0.15) is 24.7 Å². The molecule has 3 aromatic rings. The Morgan fingerprint density at radius 1 is 0.958 bits per heavy atom. The summed E-state index contributed by atoms with van der Waals surface area (Å²) < 4.78 is 16.9. The van der Waals surface area contributed by atoms with Gasteiger partial charge in [-0.25, -0.2) is 0 Å². The van der Waals surface area contributed by atoms with Crippen LogP contribution < -0.4 is 14.8 Å². The molecule has 0 unspecified atom stereocenters. The van der Waals surface area contributed by atoms with Crippen molar-refractivity contribution >= 4 is 0 Å². The summed E-state index contributed by atoms with van der Waals surface area (Å²) in [4.78, 5) is 0. The van der Waals surface area contributed by atoms with Crippen molar-refractivity contribution in [3.8, 4) is 22.8 Å². The van der Waals surface area contributed by atoms with E-state index in [2.05, 4.69) is 10.5 Å². The van der Waals surface area contributed by atoms with Crippen molar-refractivity contribution in [3.63, 3.8) is 0 Å². The van der Waals surface area contributed by atoms with Crippen LogP contribution in [0.1, 0.15) is 5.69 Å². The van der Waals surface area contributed by atoms with E-state index >= 15 is 0 Å². The van der Waals surface area contributed by atoms with Crippen molar-refractivity contribution in [1.29, 1.82) is 0 Å². The molecule has 0 aliphatic carbocycles. The first-order valence-electron chi connectivity index (χ1n) is 7.87. The number of aromatic nitrogens is 1. The van der Waals surface area contributed by atoms with Crippen molar-refractivity contribution in [2.75, 3.05) is 20.3 Å². The lowest BCUT2D eigenvalue weighted by atomic mass is 10.1. The highest BCUT2D eigenvalue weighted by Crippen LogP contribution is 2.30. The molecule has 0 amide bonds. The molecule has 0 atom stereocenters. The van der Waals surface area contributed by atoms with Gasteiger partial charge < -0.3 is 19.3 Å². The van der Waals surface area contributed by atoms with Crippen molar-refractivity contribution < 1.29 is 14.0 Å². The van der Waals surface area contributed by atoms with Gasteiger partial charge in [0.2, 0.25) is 0 Å². The van der Waals surface area contributed by atoms with Crippen LogP contribution in [0.2, 0.25) is 0 Å². The standard InChI is InChI=1S/C19H20N2O3/c1-20-14-15-13-19(24-21-15)17-9-5-6-10-18(17)23-12-11-22-16-7-3-2-4-8-16/h2-10,13,20H,11-12,14H2,1H3. The molecule has 0 fully saturated rings. The van der Waals surface area contributed by atoms with Gasteiger partial charge in [0.25, 0.3) is 0 Å². The molecule has 0 spiro atoms. The van der Waals surface area contributed by atoms with Gasteiger partial charge in [-0.1, -0.05) is 35.5 Å². The number of nitrogens with one attached hydrogen (secondary N) is 1. The highest BCUT2D eigenvalue weighted by Gasteiger charge is 2.11. The molecule has 2 aromatic carbocycles. The number of hydrogen-bond acceptors (Lipinski definition) is 5. The van der Waals surface area contributed by atoms with Crippen molar-refractivity contribution in [2.45, 2.75) is 6.54 Å². The quantitative estimate of drug-likeness (QED) is 0.643. The lowest BCUT2D eigenvalue weighted by Gasteiger charge is -2.10. The highest BCUT2D eigenvalue weighted by molar-refractivity contribution is 5.65. The van der Waals surface area contributed by atoms with Gasteiger partial charge in [0, 0.05) is 12.6 Å². The lowest BCUT2D eigenvalue weighted by molar-refractivity contribution is 0.217. The second-order valence-corrected chi connectivity index (χ2v) is 5.22. The molecule has 0 radical (unpaired) electrons. The van der Waals surface area contributed by atoms with E-state index < -0.39 is 0 Å². The third-order valence-electron chi connectivity index (χ3n) is 3.42. The van der Waals surface area contributed by atoms with E-state index in [-0.39, 0.29) is 0 Å². The number of rotatable bonds is 8. The van der Waals surface area contributed by atoms with E-state index in [9.17, 15) is 0 Å². The normalized spacial score (nSPS) is 10.5. The van der Waals surface area contributed by atoms with Crippen LogP contribution in [0.3, 0.4) is 0 Å². The third kappa shape index (κ3) is 4.14. The maximum Gasteiger partial charge on any atom is 0.170 e. The fraction of sp³-hybridized carbons (Fsp3) is 0.211. The minimum absolute atomic E-state index is 0.448. The smallest absolute Gasteiger partial charge is 0.170 e. The zero-order valence-electron chi connectivity index (χ0n) is 13.6. The first kappa shape index (κ1) is 16.1. The van der Waals surface area contributed by atoms with E-state index in [1.54, 1.807) is 0 Å². The maximum absolute atomic E-state index is 5.85. The number of nitrogens with zero attached hydrogens (tertiary/aromatic N) is 1. The van der Waals surface area contributed by atoms with Crippen LogP contribution in [-0.2, 0) is 6.54 Å². The Hall–Kier alpha value is -2.79. The summed E-state index contributed by atoms with van der Waals surface area (Å²) in [5.41, 5.74) is 1.74. The summed E-state index contributed by atoms with van der Waals surface area (Å²) in [5, 5.41) is 7.09. The second kappa shape index (κ2) is 8.17. The average molecular weight is 324 g/mol. The molecule has 3 rings (SSSR count). The van der Waals surface area contributed by atoms with Gasteiger partial charge in [-0.2, -0.15) is 0 Å². The molecule has 0 bridgehead atoms. The van der Waals surface area contributed by atoms with Gasteiger partial charge in [-0.15, -0.1) is 0 Å². The summed E-state index contributed by atoms with van der Waals surface area (Å²) in [6.07, 6.45) is 0. The van der Waals surface area contributed by atoms with Crippen molar-refractivity contribution in [3.05, 3.63) is 66.4 Å². The van der Waals surface area contributed by atoms with Crippen LogP contribution in [0.5, 0.6) is 11.5 Å². The Labute approximate surface area is 141 Å². The number of ether oxygens (including phenoxy) is 2. The predicted molar refractivity (Wildman–Crippen MR) is 92.1 cm³/mol. The molecule has 0 saturated heterocycles. The van der Waals surface area contributed by atoms with E-state index in [0.29, 0.717) is 25.5 Å². The minimum Gasteiger partial charge on any atom is -0.490 e. The monoisotopic (exact) mass is 324 g/mol. The molecule has 0 saturated carbocycles. The molecule has 124 valence electrons. The van der Waals surface area contributed by atoms with Crippen molar-refractivity contribution in [1.82, 2.24) is 10.5 Å². The Morgan fingerprint density at radius 3 is 2.54 bits per heavy atom. The molecule has 1 N–H and O–H groups in total. The Bertz CT molecular complexity index is 756. The van der Waals surface area contributed by atoms with Gasteiger partial charge in [-0.3, -0.25) is 0 Å². The van der Waals surface area contributed by atoms with Crippen molar-refractivity contribution in [2.24, 2.45) is 0 Å². The number of para-hydroxylation sites is 2. The van der Waals surface area contributed by atoms with Crippen LogP contribution in [-0.4, -0.2) is 25.4 Å². The largest absolute Gasteiger partial charge is 0.490 e. The molecule has 0 aliphatic heterocycles. The summed E-state index contributed by atoms with van der Waals surface area (Å²) >= 11 is 0. The molecular formula is C19H20N2O3. The summed E-state index contributed by atoms with van der Waals surface area (Å²) in [6.45, 7) is 1.58. The van der Waals surface area contributed by atoms with Crippen LogP contribution >= 0.6 is 0 Å². The van der Waals surface area contributed by atoms with Crippen LogP contribution in [0.4, 0.5) is 0 Å². The highest BCUT2D eigenvalue weighted by atomic mass is 16.5. The maximum atomic E-state index is 5.85. The van der Waals surface area contributed by atoms with E-state index in [0.717, 1.165) is 22.8 Å². The summed E-state index contributed by atoms with van der Waals surface area (Å²) in [5.74, 6) is 2.28. The van der Waals surface area contributed by atoms with E-state index in [1.807, 2.05) is 67.7 Å². The number of hydrogen-bond donors (Lipinski definition) is 1. The Kier molecular flexibility index (Phi) is 5.48. The van der Waals surface area contributed by atoms with E-state index in [1.165, 1.54) is 0 Å². The molecule has 5 nitrogen and oxygen atoms in total. The fourth-order valence-electron chi connectivity index (χ4n) is 2.33. The molecular weight excluding hydrogens is 304 g/mol. The average Bonchev–Trinajstić information content (AvgIpc) is 3.09. The summed E-state index contributed by atoms with van der Waals surface area (Å²) in [6, 6.07) is 19.4. The lowest BCUT2D eigenvalue weighted by Crippen LogP contribution is -2.09. The predicted octanol–water partition coefficient (Wildman–Crippen LogP) is 3.52. The first-order chi connectivity index (χ1) is 11.9. The first-order valence-corrected chi connectivity index (χ1v) is 7.87. The van der Waals surface area contributed by atoms with Crippen LogP contribution in [0.15, 0.2) is 65.2 Å². The SMILES string of the molecule is CNCc1cc(-c2ccccc2OCCOc2ccccc2)on1. The van der Waals surface area contributed by atoms with Gasteiger partial charge >= 0.3 is 0 Å². The zero-order valence-corrected chi connectivity index (χ0v) is 13.6. The van der Waals surface area contributed by atoms with Gasteiger partial charge in [-0.05, 0) is 31.3 Å². The molecule has 0 aliphatic rings. The second-order valence-electron chi connectivity index (χ2n) is 5.22. The zero-order chi connectivity index (χ0) is 16.6. The molecule has 1 heterocycles. The third-order valence-corrected chi connectivity index (χ3v) is 3.42. The number of benzene rings is 2. The fourth-order valence-corrected chi connectivity index (χ4v) is 2.33. The van der Waals surface area contributed by atoms with Crippen LogP contribution in [0.25, 0.3) is 11.3 Å².